The molecule has 0 spiro atoms. The summed E-state index contributed by atoms with van der Waals surface area (Å²) in [6.07, 6.45) is 5.32. The van der Waals surface area contributed by atoms with Gasteiger partial charge in [-0.05, 0) is 87.9 Å². The van der Waals surface area contributed by atoms with Gasteiger partial charge in [-0.3, -0.25) is 4.99 Å². The predicted octanol–water partition coefficient (Wildman–Crippen LogP) is 13.2. The average molecular weight is 812 g/mol. The maximum Gasteiger partial charge on any atom is 0.168 e. The number of halogens is 2. The van der Waals surface area contributed by atoms with Gasteiger partial charge in [0.15, 0.2) is 11.6 Å². The van der Waals surface area contributed by atoms with Crippen molar-refractivity contribution in [3.63, 3.8) is 0 Å². The van der Waals surface area contributed by atoms with E-state index in [9.17, 15) is 19.0 Å². The molecule has 0 aromatic heterocycles. The topological polar surface area (TPSA) is 71.3 Å². The molecular weight excluding hydrogens is 741 g/mol. The van der Waals surface area contributed by atoms with Crippen LogP contribution in [0, 0.1) is 11.6 Å². The maximum absolute atomic E-state index is 14.8. The van der Waals surface area contributed by atoms with Crippen LogP contribution in [-0.4, -0.2) is 35.7 Å². The molecule has 0 aliphatic rings. The molecule has 0 fully saturated rings. The Labute approximate surface area is 354 Å². The number of hydrogen-bond acceptors (Lipinski definition) is 5. The van der Waals surface area contributed by atoms with Gasteiger partial charge < -0.3 is 19.7 Å². The molecule has 0 amide bonds. The number of rotatable bonds is 15. The molecule has 1 atom stereocenters. The Kier molecular flexibility index (Phi) is 14.9. The monoisotopic (exact) mass is 812 g/mol. The summed E-state index contributed by atoms with van der Waals surface area (Å²) in [5, 5.41) is 25.1. The second kappa shape index (κ2) is 18.6. The fraction of sp³-hybridized carbons (Fsp3) is 0.519. The van der Waals surface area contributed by atoms with Crippen molar-refractivity contribution in [2.24, 2.45) is 4.99 Å². The summed E-state index contributed by atoms with van der Waals surface area (Å²) in [6, 6.07) is 18.8. The number of nitrogens with zero attached hydrogens (tertiary/aromatic N) is 1. The Morgan fingerprint density at radius 2 is 1.03 bits per heavy atom. The first kappa shape index (κ1) is 47.4. The molecule has 0 saturated carbocycles. The summed E-state index contributed by atoms with van der Waals surface area (Å²) < 4.78 is 42.8. The van der Waals surface area contributed by atoms with Gasteiger partial charge in [-0.25, -0.2) is 8.78 Å². The van der Waals surface area contributed by atoms with Crippen LogP contribution in [0.2, 0.25) is 0 Å². The van der Waals surface area contributed by atoms with Crippen LogP contribution < -0.4 is 9.47 Å². The second-order valence-electron chi connectivity index (χ2n) is 20.3. The van der Waals surface area contributed by atoms with Crippen LogP contribution in [0.4, 0.5) is 8.78 Å². The molecule has 4 aromatic rings. The number of aromatic hydroxyl groups is 1. The molecule has 4 aromatic carbocycles. The van der Waals surface area contributed by atoms with Gasteiger partial charge in [-0.15, -0.1) is 0 Å². The van der Waals surface area contributed by atoms with Crippen LogP contribution in [0.15, 0.2) is 71.7 Å². The highest BCUT2D eigenvalue weighted by Crippen LogP contribution is 2.49. The van der Waals surface area contributed by atoms with Crippen LogP contribution in [0.3, 0.4) is 0 Å². The van der Waals surface area contributed by atoms with Crippen LogP contribution >= 0.6 is 0 Å². The third-order valence-electron chi connectivity index (χ3n) is 11.0. The average Bonchev–Trinajstić information content (AvgIpc) is 3.13. The van der Waals surface area contributed by atoms with Crippen molar-refractivity contribution in [1.82, 2.24) is 0 Å². The van der Waals surface area contributed by atoms with Crippen LogP contribution in [0.1, 0.15) is 167 Å². The van der Waals surface area contributed by atoms with E-state index in [2.05, 4.69) is 121 Å². The molecule has 4 rings (SSSR count). The predicted molar refractivity (Wildman–Crippen MR) is 241 cm³/mol. The van der Waals surface area contributed by atoms with E-state index in [4.69, 9.17) is 14.5 Å². The zero-order valence-electron chi connectivity index (χ0n) is 38.4. The second-order valence-corrected chi connectivity index (χ2v) is 20.3. The molecule has 0 aliphatic heterocycles. The van der Waals surface area contributed by atoms with Crippen molar-refractivity contribution in [3.8, 4) is 17.2 Å². The SMILES string of the molecule is CCCCOc1c(C(C)(C)C)cc(C(O)(c2cc(C(C)(C)C)c(OCCCC)c(C(C)(C)C)c2)C(Cc2ccccc2)N=Cc2cc(F)cc(F)c2O)cc1C(C)(C)C. The van der Waals surface area contributed by atoms with Crippen LogP contribution in [0.5, 0.6) is 17.2 Å². The minimum atomic E-state index is -1.85. The lowest BCUT2D eigenvalue weighted by atomic mass is 9.70. The van der Waals surface area contributed by atoms with E-state index < -0.39 is 50.7 Å². The third kappa shape index (κ3) is 11.3. The number of ether oxygens (including phenoxy) is 2. The first-order valence-electron chi connectivity index (χ1n) is 21.5. The number of phenolic OH excluding ortho intramolecular Hbond substituents is 1. The van der Waals surface area contributed by atoms with E-state index in [-0.39, 0.29) is 12.0 Å². The Hall–Kier alpha value is -4.23. The minimum Gasteiger partial charge on any atom is -0.504 e. The van der Waals surface area contributed by atoms with Crippen molar-refractivity contribution in [3.05, 3.63) is 123 Å². The summed E-state index contributed by atoms with van der Waals surface area (Å²) in [4.78, 5) is 5.06. The largest absolute Gasteiger partial charge is 0.504 e. The van der Waals surface area contributed by atoms with E-state index >= 15 is 0 Å². The van der Waals surface area contributed by atoms with Crippen molar-refractivity contribution in [1.29, 1.82) is 0 Å². The van der Waals surface area contributed by atoms with Gasteiger partial charge in [-0.1, -0.05) is 140 Å². The first-order valence-corrected chi connectivity index (χ1v) is 21.5. The minimum absolute atomic E-state index is 0.126. The number of aliphatic hydroxyl groups is 1. The fourth-order valence-electron chi connectivity index (χ4n) is 7.43. The lowest BCUT2D eigenvalue weighted by Crippen LogP contribution is -2.42. The number of hydrogen-bond donors (Lipinski definition) is 2. The molecule has 0 bridgehead atoms. The molecule has 2 N–H and O–H groups in total. The van der Waals surface area contributed by atoms with Crippen molar-refractivity contribution in [2.75, 3.05) is 13.2 Å². The van der Waals surface area contributed by atoms with Crippen LogP contribution in [0.25, 0.3) is 0 Å². The van der Waals surface area contributed by atoms with E-state index in [1.165, 1.54) is 6.21 Å². The fourth-order valence-corrected chi connectivity index (χ4v) is 7.43. The zero-order valence-corrected chi connectivity index (χ0v) is 38.4. The Bertz CT molecular complexity index is 1900. The summed E-state index contributed by atoms with van der Waals surface area (Å²) in [6.45, 7) is 31.3. The zero-order chi connectivity index (χ0) is 44.1. The van der Waals surface area contributed by atoms with E-state index in [1.807, 2.05) is 30.3 Å². The summed E-state index contributed by atoms with van der Waals surface area (Å²) in [5.74, 6) is -1.01. The number of unbranched alkanes of at least 4 members (excludes halogenated alkanes) is 2. The first-order chi connectivity index (χ1) is 27.3. The Morgan fingerprint density at radius 1 is 0.627 bits per heavy atom. The smallest absolute Gasteiger partial charge is 0.168 e. The third-order valence-corrected chi connectivity index (χ3v) is 11.0. The summed E-state index contributed by atoms with van der Waals surface area (Å²) in [7, 11) is 0. The van der Waals surface area contributed by atoms with Gasteiger partial charge in [0.2, 0.25) is 0 Å². The molecule has 0 heterocycles. The summed E-state index contributed by atoms with van der Waals surface area (Å²) in [5.41, 5.74) is 2.37. The Morgan fingerprint density at radius 3 is 1.41 bits per heavy atom. The van der Waals surface area contributed by atoms with Gasteiger partial charge in [0.1, 0.15) is 22.9 Å². The number of aliphatic imine (C=N–C) groups is 1. The molecule has 59 heavy (non-hydrogen) atoms. The quantitative estimate of drug-likeness (QED) is 0.0926. The van der Waals surface area contributed by atoms with E-state index in [0.29, 0.717) is 30.4 Å². The van der Waals surface area contributed by atoms with Crippen molar-refractivity contribution >= 4 is 6.21 Å². The van der Waals surface area contributed by atoms with Gasteiger partial charge in [0.25, 0.3) is 0 Å². The van der Waals surface area contributed by atoms with E-state index in [1.54, 1.807) is 0 Å². The molecule has 1 unspecified atom stereocenters. The van der Waals surface area contributed by atoms with Gasteiger partial charge in [-0.2, -0.15) is 0 Å². The lowest BCUT2D eigenvalue weighted by Gasteiger charge is -2.40. The van der Waals surface area contributed by atoms with Gasteiger partial charge >= 0.3 is 0 Å². The lowest BCUT2D eigenvalue weighted by molar-refractivity contribution is 0.0520. The van der Waals surface area contributed by atoms with Crippen LogP contribution in [-0.2, 0) is 33.7 Å². The summed E-state index contributed by atoms with van der Waals surface area (Å²) >= 11 is 0. The highest BCUT2D eigenvalue weighted by Gasteiger charge is 2.45. The molecule has 0 aliphatic carbocycles. The van der Waals surface area contributed by atoms with Gasteiger partial charge in [0, 0.05) is 40.1 Å². The van der Waals surface area contributed by atoms with Gasteiger partial charge in [0.05, 0.1) is 19.3 Å². The Balaban J connectivity index is 2.28. The molecule has 0 radical (unpaired) electrons. The van der Waals surface area contributed by atoms with E-state index in [0.717, 1.165) is 71.1 Å². The highest BCUT2D eigenvalue weighted by molar-refractivity contribution is 5.83. The molecule has 5 nitrogen and oxygen atoms in total. The van der Waals surface area contributed by atoms with Crippen molar-refractivity contribution in [2.45, 2.75) is 162 Å². The number of benzene rings is 4. The maximum atomic E-state index is 14.8. The highest BCUT2D eigenvalue weighted by atomic mass is 19.1. The van der Waals surface area contributed by atoms with Crippen molar-refractivity contribution < 1.29 is 28.5 Å². The normalized spacial score (nSPS) is 13.6. The standard InChI is InChI=1S/C52H71F2NO4/c1-15-17-24-58-46-39(48(3,4)5)28-36(29-40(46)49(6,7)8)52(57,37-30-41(50(9,10)11)47(59-25-18-16-2)42(31-37)51(12,13)14)44(26-34-22-20-19-21-23-34)55-33-35-27-38(53)32-43(54)45(35)56/h19-23,27-33,44,56-57H,15-18,24-26H2,1-14H3. The molecule has 322 valence electrons. The molecule has 7 heteroatoms. The molecular formula is C52H71F2NO4. The number of phenols is 1. The molecule has 0 saturated heterocycles.